The molecule has 2 N–H and O–H groups in total. The predicted octanol–water partition coefficient (Wildman–Crippen LogP) is 3.08. The lowest BCUT2D eigenvalue weighted by atomic mass is 9.95. The first kappa shape index (κ1) is 17.9. The van der Waals surface area contributed by atoms with Gasteiger partial charge in [0, 0.05) is 19.2 Å². The van der Waals surface area contributed by atoms with Gasteiger partial charge in [0.15, 0.2) is 0 Å². The molecule has 1 aliphatic carbocycles. The lowest BCUT2D eigenvalue weighted by Crippen LogP contribution is -2.36. The Hall–Kier alpha value is -2.45. The van der Waals surface area contributed by atoms with Crippen molar-refractivity contribution in [2.24, 2.45) is 4.40 Å². The maximum Gasteiger partial charge on any atom is 0.287 e. The minimum Gasteiger partial charge on any atom is -0.383 e. The monoisotopic (exact) mass is 389 g/mol. The first-order valence-corrected chi connectivity index (χ1v) is 10.2. The number of ether oxygens (including phenoxy) is 1. The SMILES string of the molecule is COCCNC1=NS(=O)(=O)c2cccc(-c3cccc(F)c3C3CC3)c2N1. The van der Waals surface area contributed by atoms with Crippen LogP contribution < -0.4 is 10.6 Å². The molecule has 0 unspecified atom stereocenters. The first-order chi connectivity index (χ1) is 13.0. The van der Waals surface area contributed by atoms with Crippen molar-refractivity contribution in [3.05, 3.63) is 47.8 Å². The second-order valence-electron chi connectivity index (χ2n) is 6.61. The van der Waals surface area contributed by atoms with Gasteiger partial charge in [-0.2, -0.15) is 8.42 Å². The quantitative estimate of drug-likeness (QED) is 0.769. The highest BCUT2D eigenvalue weighted by Crippen LogP contribution is 2.47. The van der Waals surface area contributed by atoms with E-state index in [-0.39, 0.29) is 22.6 Å². The van der Waals surface area contributed by atoms with Crippen molar-refractivity contribution in [1.82, 2.24) is 5.32 Å². The Kier molecular flexibility index (Phi) is 4.61. The fraction of sp³-hybridized carbons (Fsp3) is 0.316. The highest BCUT2D eigenvalue weighted by molar-refractivity contribution is 7.90. The van der Waals surface area contributed by atoms with Gasteiger partial charge in [0.1, 0.15) is 10.7 Å². The maximum atomic E-state index is 14.5. The molecule has 2 aromatic carbocycles. The second kappa shape index (κ2) is 6.94. The van der Waals surface area contributed by atoms with Crippen LogP contribution in [0.15, 0.2) is 45.7 Å². The number of para-hydroxylation sites is 1. The third kappa shape index (κ3) is 3.42. The molecule has 0 spiro atoms. The van der Waals surface area contributed by atoms with E-state index in [1.54, 1.807) is 25.3 Å². The van der Waals surface area contributed by atoms with Crippen LogP contribution in [0.1, 0.15) is 24.3 Å². The van der Waals surface area contributed by atoms with Gasteiger partial charge in [0.25, 0.3) is 10.0 Å². The van der Waals surface area contributed by atoms with Crippen LogP contribution >= 0.6 is 0 Å². The van der Waals surface area contributed by atoms with E-state index < -0.39 is 10.0 Å². The number of benzene rings is 2. The summed E-state index contributed by atoms with van der Waals surface area (Å²) >= 11 is 0. The number of rotatable bonds is 5. The summed E-state index contributed by atoms with van der Waals surface area (Å²) in [5.41, 5.74) is 2.44. The summed E-state index contributed by atoms with van der Waals surface area (Å²) in [5, 5.41) is 5.99. The van der Waals surface area contributed by atoms with E-state index in [0.29, 0.717) is 30.0 Å². The Morgan fingerprint density at radius 2 is 1.96 bits per heavy atom. The average Bonchev–Trinajstić information content (AvgIpc) is 3.46. The Labute approximate surface area is 157 Å². The topological polar surface area (TPSA) is 79.8 Å². The molecule has 6 nitrogen and oxygen atoms in total. The van der Waals surface area contributed by atoms with Gasteiger partial charge >= 0.3 is 0 Å². The summed E-state index contributed by atoms with van der Waals surface area (Å²) in [4.78, 5) is 0.0864. The van der Waals surface area contributed by atoms with Gasteiger partial charge in [0.05, 0.1) is 12.3 Å². The Bertz CT molecular complexity index is 1020. The van der Waals surface area contributed by atoms with E-state index in [2.05, 4.69) is 15.0 Å². The number of guanidine groups is 1. The number of fused-ring (bicyclic) bond motifs is 1. The molecule has 1 fully saturated rings. The highest BCUT2D eigenvalue weighted by atomic mass is 32.2. The van der Waals surface area contributed by atoms with Crippen LogP contribution in [0, 0.1) is 5.82 Å². The standard InChI is InChI=1S/C19H20FN3O3S/c1-26-11-10-21-19-22-18-14(5-3-7-16(18)27(24,25)23-19)13-4-2-6-15(20)17(13)12-8-9-12/h2-7,12H,8-11H2,1H3,(H2,21,22,23). The maximum absolute atomic E-state index is 14.5. The van der Waals surface area contributed by atoms with Gasteiger partial charge in [-0.25, -0.2) is 4.39 Å². The fourth-order valence-corrected chi connectivity index (χ4v) is 4.44. The number of sulfonamides is 1. The predicted molar refractivity (Wildman–Crippen MR) is 102 cm³/mol. The summed E-state index contributed by atoms with van der Waals surface area (Å²) < 4.78 is 48.5. The van der Waals surface area contributed by atoms with Gasteiger partial charge in [-0.15, -0.1) is 4.40 Å². The third-order valence-corrected chi connectivity index (χ3v) is 6.01. The zero-order chi connectivity index (χ0) is 19.0. The lowest BCUT2D eigenvalue weighted by Gasteiger charge is -2.23. The van der Waals surface area contributed by atoms with E-state index in [0.717, 1.165) is 18.4 Å². The van der Waals surface area contributed by atoms with Gasteiger partial charge in [-0.1, -0.05) is 24.3 Å². The molecule has 0 saturated heterocycles. The summed E-state index contributed by atoms with van der Waals surface area (Å²) in [5.74, 6) is 0.0694. The van der Waals surface area contributed by atoms with Crippen molar-refractivity contribution in [2.75, 3.05) is 25.6 Å². The molecule has 4 rings (SSSR count). The lowest BCUT2D eigenvalue weighted by molar-refractivity contribution is 0.204. The molecule has 1 saturated carbocycles. The summed E-state index contributed by atoms with van der Waals surface area (Å²) in [6.45, 7) is 0.813. The van der Waals surface area contributed by atoms with Crippen LogP contribution in [-0.4, -0.2) is 34.6 Å². The number of halogens is 1. The summed E-state index contributed by atoms with van der Waals surface area (Å²) in [7, 11) is -2.30. The number of nitrogens with zero attached hydrogens (tertiary/aromatic N) is 1. The number of hydrogen-bond acceptors (Lipinski definition) is 5. The molecule has 2 aromatic rings. The zero-order valence-corrected chi connectivity index (χ0v) is 15.6. The number of anilines is 1. The van der Waals surface area contributed by atoms with Crippen LogP contribution in [0.3, 0.4) is 0 Å². The number of nitrogens with one attached hydrogen (secondary N) is 2. The molecule has 1 heterocycles. The van der Waals surface area contributed by atoms with Crippen molar-refractivity contribution >= 4 is 21.7 Å². The Morgan fingerprint density at radius 3 is 2.70 bits per heavy atom. The molecule has 8 heteroatoms. The van der Waals surface area contributed by atoms with E-state index in [1.807, 2.05) is 6.07 Å². The van der Waals surface area contributed by atoms with Crippen LogP contribution in [0.25, 0.3) is 11.1 Å². The molecule has 142 valence electrons. The minimum absolute atomic E-state index is 0.0864. The van der Waals surface area contributed by atoms with Crippen molar-refractivity contribution in [3.8, 4) is 11.1 Å². The Balaban J connectivity index is 1.81. The summed E-state index contributed by atoms with van der Waals surface area (Å²) in [6.07, 6.45) is 1.89. The van der Waals surface area contributed by atoms with Crippen molar-refractivity contribution in [1.29, 1.82) is 0 Å². The smallest absolute Gasteiger partial charge is 0.287 e. The van der Waals surface area contributed by atoms with Crippen molar-refractivity contribution in [2.45, 2.75) is 23.7 Å². The third-order valence-electron chi connectivity index (χ3n) is 4.69. The Morgan fingerprint density at radius 1 is 1.22 bits per heavy atom. The van der Waals surface area contributed by atoms with Crippen molar-refractivity contribution < 1.29 is 17.5 Å². The highest BCUT2D eigenvalue weighted by Gasteiger charge is 2.32. The fourth-order valence-electron chi connectivity index (χ4n) is 3.32. The van der Waals surface area contributed by atoms with Gasteiger partial charge < -0.3 is 15.4 Å². The van der Waals surface area contributed by atoms with Crippen LogP contribution in [-0.2, 0) is 14.8 Å². The number of methoxy groups -OCH3 is 1. The average molecular weight is 389 g/mol. The van der Waals surface area contributed by atoms with Gasteiger partial charge in [-0.05, 0) is 42.0 Å². The van der Waals surface area contributed by atoms with E-state index in [4.69, 9.17) is 4.74 Å². The molecule has 27 heavy (non-hydrogen) atoms. The molecular formula is C19H20FN3O3S. The van der Waals surface area contributed by atoms with E-state index >= 15 is 0 Å². The van der Waals surface area contributed by atoms with Crippen molar-refractivity contribution in [3.63, 3.8) is 0 Å². The largest absolute Gasteiger partial charge is 0.383 e. The minimum atomic E-state index is -3.86. The molecule has 0 bridgehead atoms. The molecule has 0 aromatic heterocycles. The van der Waals surface area contributed by atoms with Gasteiger partial charge in [0.2, 0.25) is 5.96 Å². The molecular weight excluding hydrogens is 369 g/mol. The molecule has 1 aliphatic heterocycles. The molecule has 0 radical (unpaired) electrons. The summed E-state index contributed by atoms with van der Waals surface area (Å²) in [6, 6.07) is 9.92. The van der Waals surface area contributed by atoms with Crippen LogP contribution in [0.4, 0.5) is 10.1 Å². The van der Waals surface area contributed by atoms with E-state index in [1.165, 1.54) is 12.1 Å². The number of hydrogen-bond donors (Lipinski definition) is 2. The second-order valence-corrected chi connectivity index (χ2v) is 8.19. The zero-order valence-electron chi connectivity index (χ0n) is 14.8. The molecule has 0 atom stereocenters. The van der Waals surface area contributed by atoms with Crippen LogP contribution in [0.5, 0.6) is 0 Å². The van der Waals surface area contributed by atoms with E-state index in [9.17, 15) is 12.8 Å². The van der Waals surface area contributed by atoms with Crippen LogP contribution in [0.2, 0.25) is 0 Å². The molecule has 2 aliphatic rings. The normalized spacial score (nSPS) is 17.6. The molecule has 0 amide bonds. The van der Waals surface area contributed by atoms with Gasteiger partial charge in [-0.3, -0.25) is 0 Å². The first-order valence-electron chi connectivity index (χ1n) is 8.78.